The molecule has 0 saturated carbocycles. The van der Waals surface area contributed by atoms with Gasteiger partial charge in [-0.05, 0) is 38.6 Å². The molecule has 0 N–H and O–H groups in total. The SMILES string of the molecule is CN1CCCC(N(C)C(=O)c2ccccc2-c2nc(C(C)(C)C)no2)C1. The van der Waals surface area contributed by atoms with Crippen LogP contribution in [-0.4, -0.2) is 59.1 Å². The van der Waals surface area contributed by atoms with Crippen LogP contribution in [0.1, 0.15) is 49.8 Å². The van der Waals surface area contributed by atoms with Crippen LogP contribution >= 0.6 is 0 Å². The number of carbonyl (C=O) groups is 1. The van der Waals surface area contributed by atoms with Crippen molar-refractivity contribution in [3.05, 3.63) is 35.7 Å². The van der Waals surface area contributed by atoms with Crippen LogP contribution < -0.4 is 0 Å². The van der Waals surface area contributed by atoms with E-state index in [0.29, 0.717) is 22.8 Å². The van der Waals surface area contributed by atoms with E-state index in [2.05, 4.69) is 22.1 Å². The van der Waals surface area contributed by atoms with Crippen LogP contribution in [0.4, 0.5) is 0 Å². The summed E-state index contributed by atoms with van der Waals surface area (Å²) in [6, 6.07) is 7.69. The van der Waals surface area contributed by atoms with Gasteiger partial charge >= 0.3 is 0 Å². The molecule has 26 heavy (non-hydrogen) atoms. The molecule has 1 atom stereocenters. The molecule has 6 heteroatoms. The molecule has 0 bridgehead atoms. The van der Waals surface area contributed by atoms with Gasteiger partial charge in [0, 0.05) is 25.0 Å². The molecule has 0 spiro atoms. The molecule has 0 aliphatic carbocycles. The Balaban J connectivity index is 1.89. The highest BCUT2D eigenvalue weighted by Crippen LogP contribution is 2.27. The molecule has 2 heterocycles. The molecule has 1 amide bonds. The highest BCUT2D eigenvalue weighted by molar-refractivity contribution is 6.00. The van der Waals surface area contributed by atoms with Crippen molar-refractivity contribution in [1.82, 2.24) is 19.9 Å². The van der Waals surface area contributed by atoms with Crippen molar-refractivity contribution in [3.63, 3.8) is 0 Å². The van der Waals surface area contributed by atoms with Gasteiger partial charge in [-0.3, -0.25) is 4.79 Å². The molecule has 1 aromatic heterocycles. The quantitative estimate of drug-likeness (QED) is 0.845. The molecule has 1 unspecified atom stereocenters. The summed E-state index contributed by atoms with van der Waals surface area (Å²) in [6.07, 6.45) is 2.14. The van der Waals surface area contributed by atoms with Crippen molar-refractivity contribution in [2.45, 2.75) is 45.1 Å². The van der Waals surface area contributed by atoms with E-state index >= 15 is 0 Å². The van der Waals surface area contributed by atoms with Crippen LogP contribution in [0, 0.1) is 0 Å². The topological polar surface area (TPSA) is 62.5 Å². The van der Waals surface area contributed by atoms with Crippen LogP contribution in [0.5, 0.6) is 0 Å². The number of rotatable bonds is 3. The van der Waals surface area contributed by atoms with Gasteiger partial charge < -0.3 is 14.3 Å². The Morgan fingerprint density at radius 2 is 2.04 bits per heavy atom. The molecule has 140 valence electrons. The normalized spacial score (nSPS) is 18.7. The summed E-state index contributed by atoms with van der Waals surface area (Å²) in [7, 11) is 3.99. The van der Waals surface area contributed by atoms with Crippen molar-refractivity contribution in [2.24, 2.45) is 0 Å². The molecule has 1 fully saturated rings. The Bertz CT molecular complexity index is 778. The van der Waals surface area contributed by atoms with Crippen LogP contribution in [-0.2, 0) is 5.41 Å². The van der Waals surface area contributed by atoms with Crippen molar-refractivity contribution in [2.75, 3.05) is 27.2 Å². The third-order valence-corrected chi connectivity index (χ3v) is 4.95. The third kappa shape index (κ3) is 3.80. The zero-order valence-corrected chi connectivity index (χ0v) is 16.3. The number of hydrogen-bond donors (Lipinski definition) is 0. The number of likely N-dealkylation sites (N-methyl/N-ethyl adjacent to an activating group) is 2. The van der Waals surface area contributed by atoms with E-state index in [-0.39, 0.29) is 17.4 Å². The van der Waals surface area contributed by atoms with E-state index < -0.39 is 0 Å². The van der Waals surface area contributed by atoms with Crippen molar-refractivity contribution < 1.29 is 9.32 Å². The first-order valence-corrected chi connectivity index (χ1v) is 9.16. The number of piperidine rings is 1. The van der Waals surface area contributed by atoms with Gasteiger partial charge in [-0.25, -0.2) is 0 Å². The fourth-order valence-electron chi connectivity index (χ4n) is 3.30. The summed E-state index contributed by atoms with van der Waals surface area (Å²) >= 11 is 0. The Morgan fingerprint density at radius 3 is 2.69 bits per heavy atom. The van der Waals surface area contributed by atoms with E-state index in [1.165, 1.54) is 0 Å². The summed E-state index contributed by atoms with van der Waals surface area (Å²) in [5, 5.41) is 4.09. The Labute approximate surface area is 155 Å². The van der Waals surface area contributed by atoms with Crippen molar-refractivity contribution >= 4 is 5.91 Å². The molecular weight excluding hydrogens is 328 g/mol. The third-order valence-electron chi connectivity index (χ3n) is 4.95. The van der Waals surface area contributed by atoms with Gasteiger partial charge in [-0.1, -0.05) is 38.1 Å². The number of hydrogen-bond acceptors (Lipinski definition) is 5. The summed E-state index contributed by atoms with van der Waals surface area (Å²) in [6.45, 7) is 8.09. The van der Waals surface area contributed by atoms with Crippen LogP contribution in [0.15, 0.2) is 28.8 Å². The van der Waals surface area contributed by atoms with Crippen molar-refractivity contribution in [1.29, 1.82) is 0 Å². The molecule has 6 nitrogen and oxygen atoms in total. The lowest BCUT2D eigenvalue weighted by Gasteiger charge is -2.36. The predicted molar refractivity (Wildman–Crippen MR) is 101 cm³/mol. The van der Waals surface area contributed by atoms with E-state index in [0.717, 1.165) is 25.9 Å². The average Bonchev–Trinajstić information content (AvgIpc) is 3.11. The number of benzene rings is 1. The van der Waals surface area contributed by atoms with Gasteiger partial charge in [0.05, 0.1) is 11.1 Å². The molecule has 2 aromatic rings. The fourth-order valence-corrected chi connectivity index (χ4v) is 3.30. The fraction of sp³-hybridized carbons (Fsp3) is 0.550. The van der Waals surface area contributed by atoms with E-state index in [4.69, 9.17) is 4.52 Å². The minimum absolute atomic E-state index is 0.00333. The highest BCUT2D eigenvalue weighted by Gasteiger charge is 2.28. The molecule has 1 saturated heterocycles. The number of aromatic nitrogens is 2. The maximum atomic E-state index is 13.2. The second-order valence-corrected chi connectivity index (χ2v) is 8.19. The first-order valence-electron chi connectivity index (χ1n) is 9.16. The molecule has 1 aliphatic rings. The number of amides is 1. The summed E-state index contributed by atoms with van der Waals surface area (Å²) in [4.78, 5) is 21.8. The zero-order chi connectivity index (χ0) is 18.9. The smallest absolute Gasteiger partial charge is 0.258 e. The van der Waals surface area contributed by atoms with Gasteiger partial charge in [0.25, 0.3) is 11.8 Å². The maximum absolute atomic E-state index is 13.2. The highest BCUT2D eigenvalue weighted by atomic mass is 16.5. The number of likely N-dealkylation sites (tertiary alicyclic amines) is 1. The first kappa shape index (κ1) is 18.6. The predicted octanol–water partition coefficient (Wildman–Crippen LogP) is 3.20. The lowest BCUT2D eigenvalue weighted by molar-refractivity contribution is 0.0644. The standard InChI is InChI=1S/C20H28N4O2/c1-20(2,3)19-21-17(26-22-19)15-10-6-7-11-16(15)18(25)24(5)14-9-8-12-23(4)13-14/h6-7,10-11,14H,8-9,12-13H2,1-5H3. The first-order chi connectivity index (χ1) is 12.3. The summed E-state index contributed by atoms with van der Waals surface area (Å²) in [5.41, 5.74) is 1.09. The van der Waals surface area contributed by atoms with Crippen LogP contribution in [0.3, 0.4) is 0 Å². The van der Waals surface area contributed by atoms with Gasteiger partial charge in [-0.15, -0.1) is 0 Å². The summed E-state index contributed by atoms with van der Waals surface area (Å²) in [5.74, 6) is 1.03. The minimum atomic E-state index is -0.204. The molecule has 3 rings (SSSR count). The van der Waals surface area contributed by atoms with E-state index in [1.807, 2.05) is 57.0 Å². The Morgan fingerprint density at radius 1 is 1.31 bits per heavy atom. The molecular formula is C20H28N4O2. The molecule has 1 aliphatic heterocycles. The van der Waals surface area contributed by atoms with Gasteiger partial charge in [0.15, 0.2) is 5.82 Å². The monoisotopic (exact) mass is 356 g/mol. The zero-order valence-electron chi connectivity index (χ0n) is 16.3. The van der Waals surface area contributed by atoms with Gasteiger partial charge in [0.2, 0.25) is 0 Å². The maximum Gasteiger partial charge on any atom is 0.258 e. The van der Waals surface area contributed by atoms with Gasteiger partial charge in [-0.2, -0.15) is 4.98 Å². The second kappa shape index (κ2) is 7.19. The van der Waals surface area contributed by atoms with E-state index in [9.17, 15) is 4.79 Å². The lowest BCUT2D eigenvalue weighted by atomic mass is 9.96. The van der Waals surface area contributed by atoms with Crippen LogP contribution in [0.2, 0.25) is 0 Å². The Kier molecular flexibility index (Phi) is 5.14. The summed E-state index contributed by atoms with van der Waals surface area (Å²) < 4.78 is 5.47. The van der Waals surface area contributed by atoms with Gasteiger partial charge in [0.1, 0.15) is 0 Å². The molecule has 0 radical (unpaired) electrons. The van der Waals surface area contributed by atoms with E-state index in [1.54, 1.807) is 0 Å². The lowest BCUT2D eigenvalue weighted by Crippen LogP contribution is -2.47. The number of carbonyl (C=O) groups excluding carboxylic acids is 1. The largest absolute Gasteiger partial charge is 0.337 e. The number of nitrogens with zero attached hydrogens (tertiary/aromatic N) is 4. The average molecular weight is 356 g/mol. The molecule has 1 aromatic carbocycles. The second-order valence-electron chi connectivity index (χ2n) is 8.19. The minimum Gasteiger partial charge on any atom is -0.337 e. The van der Waals surface area contributed by atoms with Crippen molar-refractivity contribution in [3.8, 4) is 11.5 Å². The van der Waals surface area contributed by atoms with Crippen LogP contribution in [0.25, 0.3) is 11.5 Å². The Hall–Kier alpha value is -2.21.